The van der Waals surface area contributed by atoms with E-state index in [0.717, 1.165) is 41.2 Å². The van der Waals surface area contributed by atoms with Gasteiger partial charge in [0.05, 0.1) is 12.7 Å². The van der Waals surface area contributed by atoms with Crippen LogP contribution in [0, 0.1) is 6.92 Å². The van der Waals surface area contributed by atoms with Crippen molar-refractivity contribution in [2.75, 3.05) is 13.7 Å². The normalized spacial score (nSPS) is 16.5. The summed E-state index contributed by atoms with van der Waals surface area (Å²) >= 11 is 0. The molecule has 0 unspecified atom stereocenters. The zero-order chi connectivity index (χ0) is 26.6. The van der Waals surface area contributed by atoms with Gasteiger partial charge in [-0.25, -0.2) is 0 Å². The minimum absolute atomic E-state index is 0.0989. The minimum atomic E-state index is -4.54. The fraction of sp³-hybridized carbons (Fsp3) is 0.367. The lowest BCUT2D eigenvalue weighted by Crippen LogP contribution is -2.44. The zero-order valence-corrected chi connectivity index (χ0v) is 21.1. The summed E-state index contributed by atoms with van der Waals surface area (Å²) in [6.45, 7) is 2.63. The third-order valence-corrected chi connectivity index (χ3v) is 7.28. The number of hydrogen-bond donors (Lipinski definition) is 1. The summed E-state index contributed by atoms with van der Waals surface area (Å²) in [4.78, 5) is 13.4. The molecule has 0 aromatic heterocycles. The van der Waals surface area contributed by atoms with Gasteiger partial charge in [-0.2, -0.15) is 13.2 Å². The average molecular weight is 512 g/mol. The first-order chi connectivity index (χ1) is 17.7. The highest BCUT2D eigenvalue weighted by molar-refractivity contribution is 5.73. The van der Waals surface area contributed by atoms with Crippen LogP contribution in [0.1, 0.15) is 47.1 Å². The number of benzene rings is 3. The minimum Gasteiger partial charge on any atom is -0.496 e. The van der Waals surface area contributed by atoms with Crippen LogP contribution in [-0.4, -0.2) is 35.7 Å². The van der Waals surface area contributed by atoms with Crippen molar-refractivity contribution in [3.63, 3.8) is 0 Å². The summed E-state index contributed by atoms with van der Waals surface area (Å²) < 4.78 is 48.1. The lowest BCUT2D eigenvalue weighted by molar-refractivity contribution is -0.145. The van der Waals surface area contributed by atoms with E-state index >= 15 is 0 Å². The van der Waals surface area contributed by atoms with E-state index in [1.807, 2.05) is 55.5 Å². The Balaban J connectivity index is 1.63. The maximum absolute atomic E-state index is 14.2. The maximum Gasteiger partial charge on any atom is 0.416 e. The number of ether oxygens (including phenoxy) is 1. The lowest BCUT2D eigenvalue weighted by atomic mass is 9.91. The summed E-state index contributed by atoms with van der Waals surface area (Å²) in [7, 11) is 1.44. The maximum atomic E-state index is 14.2. The highest BCUT2D eigenvalue weighted by Crippen LogP contribution is 2.38. The monoisotopic (exact) mass is 511 g/mol. The summed E-state index contributed by atoms with van der Waals surface area (Å²) in [6, 6.07) is 17.8. The van der Waals surface area contributed by atoms with E-state index in [1.165, 1.54) is 13.2 Å². The molecule has 37 heavy (non-hydrogen) atoms. The number of carboxylic acids is 1. The molecule has 3 aromatic rings. The molecule has 0 aliphatic carbocycles. The predicted octanol–water partition coefficient (Wildman–Crippen LogP) is 6.91. The second-order valence-electron chi connectivity index (χ2n) is 9.59. The quantitative estimate of drug-likeness (QED) is 0.357. The van der Waals surface area contributed by atoms with Gasteiger partial charge in [0.1, 0.15) is 11.8 Å². The number of alkyl halides is 3. The zero-order valence-electron chi connectivity index (χ0n) is 21.1. The standard InChI is InChI=1S/C30H32F3NO3/c1-20-21(11-8-12-25(20)22-9-4-3-5-10-22)14-15-23-18-28(37-2)24(17-26(23)30(31,32)33)19-34-16-7-6-13-27(34)29(35)36/h3-5,8-12,17-18,27H,6-7,13-16,19H2,1-2H3,(H,35,36)/t27-/m1/s1. The number of rotatable bonds is 8. The molecule has 1 fully saturated rings. The van der Waals surface area contributed by atoms with Gasteiger partial charge in [0.2, 0.25) is 0 Å². The van der Waals surface area contributed by atoms with Crippen molar-refractivity contribution in [1.29, 1.82) is 0 Å². The number of hydrogen-bond acceptors (Lipinski definition) is 3. The van der Waals surface area contributed by atoms with E-state index in [4.69, 9.17) is 4.74 Å². The Morgan fingerprint density at radius 2 is 1.73 bits per heavy atom. The van der Waals surface area contributed by atoms with Gasteiger partial charge in [-0.15, -0.1) is 0 Å². The number of methoxy groups -OCH3 is 1. The Morgan fingerprint density at radius 1 is 1.00 bits per heavy atom. The molecule has 4 rings (SSSR count). The molecule has 3 aromatic carbocycles. The van der Waals surface area contributed by atoms with Gasteiger partial charge in [-0.05, 0) is 79.1 Å². The highest BCUT2D eigenvalue weighted by Gasteiger charge is 2.35. The topological polar surface area (TPSA) is 49.8 Å². The predicted molar refractivity (Wildman–Crippen MR) is 138 cm³/mol. The molecule has 1 heterocycles. The first-order valence-corrected chi connectivity index (χ1v) is 12.6. The van der Waals surface area contributed by atoms with Crippen LogP contribution in [-0.2, 0) is 30.4 Å². The second-order valence-corrected chi connectivity index (χ2v) is 9.59. The summed E-state index contributed by atoms with van der Waals surface area (Å²) in [5, 5.41) is 9.58. The Hall–Kier alpha value is -3.32. The molecule has 0 amide bonds. The van der Waals surface area contributed by atoms with Gasteiger partial charge in [-0.1, -0.05) is 55.0 Å². The first-order valence-electron chi connectivity index (χ1n) is 12.6. The van der Waals surface area contributed by atoms with Crippen molar-refractivity contribution < 1.29 is 27.8 Å². The van der Waals surface area contributed by atoms with E-state index in [-0.39, 0.29) is 18.5 Å². The average Bonchev–Trinajstić information content (AvgIpc) is 2.88. The van der Waals surface area contributed by atoms with Gasteiger partial charge in [0, 0.05) is 12.1 Å². The second kappa shape index (κ2) is 11.4. The summed E-state index contributed by atoms with van der Waals surface area (Å²) in [5.41, 5.74) is 4.02. The number of halogens is 3. The number of carboxylic acid groups (broad SMARTS) is 1. The lowest BCUT2D eigenvalue weighted by Gasteiger charge is -2.33. The smallest absolute Gasteiger partial charge is 0.416 e. The van der Waals surface area contributed by atoms with Crippen molar-refractivity contribution in [3.05, 3.63) is 88.5 Å². The molecule has 0 spiro atoms. The van der Waals surface area contributed by atoms with Crippen LogP contribution in [0.5, 0.6) is 5.75 Å². The van der Waals surface area contributed by atoms with Crippen LogP contribution in [0.15, 0.2) is 60.7 Å². The molecule has 0 bridgehead atoms. The summed E-state index contributed by atoms with van der Waals surface area (Å²) in [5.74, 6) is -0.591. The Bertz CT molecular complexity index is 1240. The van der Waals surface area contributed by atoms with Crippen molar-refractivity contribution >= 4 is 5.97 Å². The van der Waals surface area contributed by atoms with Crippen LogP contribution in [0.4, 0.5) is 13.2 Å². The SMILES string of the molecule is COc1cc(CCc2cccc(-c3ccccc3)c2C)c(C(F)(F)F)cc1CN1CCCC[C@@H]1C(=O)O. The van der Waals surface area contributed by atoms with Gasteiger partial charge < -0.3 is 9.84 Å². The molecule has 1 N–H and O–H groups in total. The van der Waals surface area contributed by atoms with E-state index in [2.05, 4.69) is 0 Å². The molecule has 196 valence electrons. The van der Waals surface area contributed by atoms with Crippen LogP contribution >= 0.6 is 0 Å². The number of aryl methyl sites for hydroxylation is 2. The van der Waals surface area contributed by atoms with Crippen molar-refractivity contribution in [2.24, 2.45) is 0 Å². The molecule has 1 aliphatic heterocycles. The molecule has 1 saturated heterocycles. The Morgan fingerprint density at radius 3 is 2.41 bits per heavy atom. The third kappa shape index (κ3) is 6.16. The number of likely N-dealkylation sites (tertiary alicyclic amines) is 1. The van der Waals surface area contributed by atoms with E-state index in [0.29, 0.717) is 30.7 Å². The molecule has 1 atom stereocenters. The number of carbonyl (C=O) groups is 1. The fourth-order valence-corrected chi connectivity index (χ4v) is 5.28. The Kier molecular flexibility index (Phi) is 8.22. The number of aliphatic carboxylic acids is 1. The number of piperidine rings is 1. The van der Waals surface area contributed by atoms with Crippen LogP contribution < -0.4 is 4.74 Å². The van der Waals surface area contributed by atoms with E-state index < -0.39 is 23.8 Å². The van der Waals surface area contributed by atoms with Gasteiger partial charge in [-0.3, -0.25) is 9.69 Å². The first kappa shape index (κ1) is 26.7. The largest absolute Gasteiger partial charge is 0.496 e. The fourth-order valence-electron chi connectivity index (χ4n) is 5.28. The summed E-state index contributed by atoms with van der Waals surface area (Å²) in [6.07, 6.45) is -1.79. The molecule has 0 saturated carbocycles. The van der Waals surface area contributed by atoms with Crippen molar-refractivity contribution in [2.45, 2.75) is 57.8 Å². The molecule has 4 nitrogen and oxygen atoms in total. The Labute approximate surface area is 215 Å². The van der Waals surface area contributed by atoms with Crippen LogP contribution in [0.2, 0.25) is 0 Å². The molecular formula is C30H32F3NO3. The van der Waals surface area contributed by atoms with E-state index in [9.17, 15) is 23.1 Å². The van der Waals surface area contributed by atoms with Gasteiger partial charge in [0.15, 0.2) is 0 Å². The molecular weight excluding hydrogens is 479 g/mol. The van der Waals surface area contributed by atoms with Crippen molar-refractivity contribution in [3.8, 4) is 16.9 Å². The van der Waals surface area contributed by atoms with E-state index in [1.54, 1.807) is 4.90 Å². The van der Waals surface area contributed by atoms with Crippen LogP contribution in [0.25, 0.3) is 11.1 Å². The molecule has 0 radical (unpaired) electrons. The highest BCUT2D eigenvalue weighted by atomic mass is 19.4. The molecule has 1 aliphatic rings. The molecule has 7 heteroatoms. The van der Waals surface area contributed by atoms with Crippen LogP contribution in [0.3, 0.4) is 0 Å². The van der Waals surface area contributed by atoms with Gasteiger partial charge in [0.25, 0.3) is 0 Å². The van der Waals surface area contributed by atoms with Gasteiger partial charge >= 0.3 is 12.1 Å². The number of nitrogens with zero attached hydrogens (tertiary/aromatic N) is 1. The third-order valence-electron chi connectivity index (χ3n) is 7.28. The van der Waals surface area contributed by atoms with Crippen molar-refractivity contribution in [1.82, 2.24) is 4.90 Å².